The van der Waals surface area contributed by atoms with Crippen LogP contribution >= 0.6 is 0 Å². The number of benzene rings is 1. The van der Waals surface area contributed by atoms with Crippen molar-refractivity contribution in [3.8, 4) is 0 Å². The highest BCUT2D eigenvalue weighted by Gasteiger charge is 2.33. The van der Waals surface area contributed by atoms with Gasteiger partial charge in [-0.25, -0.2) is 0 Å². The predicted octanol–water partition coefficient (Wildman–Crippen LogP) is 3.17. The van der Waals surface area contributed by atoms with E-state index in [2.05, 4.69) is 0 Å². The first-order chi connectivity index (χ1) is 11.5. The second kappa shape index (κ2) is 8.02. The van der Waals surface area contributed by atoms with Crippen LogP contribution in [0.25, 0.3) is 0 Å². The lowest BCUT2D eigenvalue weighted by Gasteiger charge is -2.21. The van der Waals surface area contributed by atoms with Crippen LogP contribution in [0.2, 0.25) is 0 Å². The summed E-state index contributed by atoms with van der Waals surface area (Å²) >= 11 is 0. The summed E-state index contributed by atoms with van der Waals surface area (Å²) in [6.45, 7) is 5.30. The molecule has 0 radical (unpaired) electrons. The van der Waals surface area contributed by atoms with Gasteiger partial charge in [0.1, 0.15) is 0 Å². The van der Waals surface area contributed by atoms with Gasteiger partial charge in [0.05, 0.1) is 9.85 Å². The first kappa shape index (κ1) is 18.1. The van der Waals surface area contributed by atoms with E-state index >= 15 is 0 Å². The molecule has 1 heterocycles. The summed E-state index contributed by atoms with van der Waals surface area (Å²) in [5.74, 6) is 0. The summed E-state index contributed by atoms with van der Waals surface area (Å²) < 4.78 is 10.8. The molecule has 0 aliphatic carbocycles. The number of hydrogen-bond acceptors (Lipinski definition) is 7. The minimum atomic E-state index is -0.870. The molecule has 1 aliphatic heterocycles. The number of rotatable bonds is 8. The van der Waals surface area contributed by atoms with Crippen LogP contribution < -0.4 is 4.90 Å². The smallest absolute Gasteiger partial charge is 0.300 e. The molecule has 1 aromatic rings. The van der Waals surface area contributed by atoms with Gasteiger partial charge in [-0.3, -0.25) is 20.2 Å². The molecule has 0 spiro atoms. The number of anilines is 1. The van der Waals surface area contributed by atoms with Gasteiger partial charge in [-0.15, -0.1) is 0 Å². The van der Waals surface area contributed by atoms with Gasteiger partial charge in [-0.2, -0.15) is 0 Å². The fourth-order valence-electron chi connectivity index (χ4n) is 2.85. The second-order valence-corrected chi connectivity index (χ2v) is 5.36. The van der Waals surface area contributed by atoms with Crippen LogP contribution in [-0.2, 0) is 9.47 Å². The first-order valence-electron chi connectivity index (χ1n) is 7.94. The Hall–Kier alpha value is -2.26. The summed E-state index contributed by atoms with van der Waals surface area (Å²) in [6.07, 6.45) is 0.845. The van der Waals surface area contributed by atoms with Crippen LogP contribution in [-0.4, -0.2) is 36.1 Å². The molecule has 0 amide bonds. The van der Waals surface area contributed by atoms with Gasteiger partial charge < -0.3 is 14.4 Å². The number of nitro benzene ring substituents is 2. The zero-order valence-corrected chi connectivity index (χ0v) is 13.8. The summed E-state index contributed by atoms with van der Waals surface area (Å²) in [5.41, 5.74) is -0.228. The maximum absolute atomic E-state index is 11.5. The van der Waals surface area contributed by atoms with Gasteiger partial charge in [0, 0.05) is 44.0 Å². The number of hydrogen-bond donors (Lipinski definition) is 0. The van der Waals surface area contributed by atoms with Crippen LogP contribution in [0.5, 0.6) is 0 Å². The third kappa shape index (κ3) is 3.80. The molecule has 0 N–H and O–H groups in total. The molecule has 0 atom stereocenters. The molecular weight excluding hydrogens is 318 g/mol. The molecule has 24 heavy (non-hydrogen) atoms. The molecular formula is C15H21N3O6. The van der Waals surface area contributed by atoms with Crippen LogP contribution in [0, 0.1) is 20.2 Å². The number of nitrogens with zero attached hydrogens (tertiary/aromatic N) is 3. The van der Waals surface area contributed by atoms with Crippen LogP contribution in [0.1, 0.15) is 38.5 Å². The van der Waals surface area contributed by atoms with Gasteiger partial charge in [0.25, 0.3) is 11.4 Å². The molecule has 132 valence electrons. The molecule has 0 aromatic heterocycles. The largest absolute Gasteiger partial charge is 0.360 e. The molecule has 1 fully saturated rings. The highest BCUT2D eigenvalue weighted by atomic mass is 16.7. The summed E-state index contributed by atoms with van der Waals surface area (Å²) in [6, 6.07) is 2.63. The fraction of sp³-hybridized carbons (Fsp3) is 0.600. The van der Waals surface area contributed by atoms with E-state index in [9.17, 15) is 20.2 Å². The van der Waals surface area contributed by atoms with Crippen molar-refractivity contribution >= 4 is 17.1 Å². The van der Waals surface area contributed by atoms with E-state index in [1.54, 1.807) is 18.7 Å². The Bertz CT molecular complexity index is 574. The van der Waals surface area contributed by atoms with Crippen molar-refractivity contribution in [2.75, 3.05) is 31.2 Å². The monoisotopic (exact) mass is 339 g/mol. The van der Waals surface area contributed by atoms with Gasteiger partial charge in [-0.05, 0) is 26.7 Å². The molecule has 9 nitrogen and oxygen atoms in total. The van der Waals surface area contributed by atoms with Gasteiger partial charge in [0.15, 0.2) is 12.0 Å². The molecule has 1 saturated heterocycles. The van der Waals surface area contributed by atoms with Crippen molar-refractivity contribution in [1.82, 2.24) is 0 Å². The lowest BCUT2D eigenvalue weighted by Crippen LogP contribution is -2.21. The Labute approximate surface area is 139 Å². The second-order valence-electron chi connectivity index (χ2n) is 5.36. The Kier molecular flexibility index (Phi) is 6.04. The molecule has 9 heteroatoms. The van der Waals surface area contributed by atoms with E-state index in [4.69, 9.17) is 9.47 Å². The molecule has 2 rings (SSSR count). The number of ether oxygens (including phenoxy) is 2. The Balaban J connectivity index is 2.59. The summed E-state index contributed by atoms with van der Waals surface area (Å²) in [4.78, 5) is 23.6. The van der Waals surface area contributed by atoms with Crippen molar-refractivity contribution < 1.29 is 19.3 Å². The molecule has 0 saturated carbocycles. The molecule has 0 unspecified atom stereocenters. The molecule has 1 aliphatic rings. The third-order valence-electron chi connectivity index (χ3n) is 3.82. The summed E-state index contributed by atoms with van der Waals surface area (Å²) in [5, 5.41) is 23.0. The quantitative estimate of drug-likeness (QED) is 0.406. The van der Waals surface area contributed by atoms with E-state index in [1.165, 1.54) is 12.1 Å². The molecule has 1 aromatic carbocycles. The lowest BCUT2D eigenvalue weighted by atomic mass is 10.1. The normalized spacial score (nSPS) is 14.4. The topological polar surface area (TPSA) is 108 Å². The predicted molar refractivity (Wildman–Crippen MR) is 87.2 cm³/mol. The zero-order valence-electron chi connectivity index (χ0n) is 13.8. The first-order valence-corrected chi connectivity index (χ1v) is 7.94. The van der Waals surface area contributed by atoms with Crippen molar-refractivity contribution in [3.05, 3.63) is 37.9 Å². The number of nitro groups is 2. The van der Waals surface area contributed by atoms with Crippen molar-refractivity contribution in [3.63, 3.8) is 0 Å². The van der Waals surface area contributed by atoms with Gasteiger partial charge in [-0.1, -0.05) is 0 Å². The minimum Gasteiger partial charge on any atom is -0.360 e. The van der Waals surface area contributed by atoms with E-state index in [-0.39, 0.29) is 22.6 Å². The highest BCUT2D eigenvalue weighted by molar-refractivity contribution is 5.76. The molecule has 0 bridgehead atoms. The van der Waals surface area contributed by atoms with E-state index in [0.29, 0.717) is 26.3 Å². The van der Waals surface area contributed by atoms with E-state index in [1.807, 2.05) is 0 Å². The van der Waals surface area contributed by atoms with Crippen molar-refractivity contribution in [2.24, 2.45) is 0 Å². The van der Waals surface area contributed by atoms with E-state index < -0.39 is 16.1 Å². The van der Waals surface area contributed by atoms with Gasteiger partial charge >= 0.3 is 0 Å². The maximum Gasteiger partial charge on any atom is 0.300 e. The lowest BCUT2D eigenvalue weighted by molar-refractivity contribution is -0.392. The van der Waals surface area contributed by atoms with Crippen molar-refractivity contribution in [2.45, 2.75) is 33.0 Å². The minimum absolute atomic E-state index is 0.0676. The Morgan fingerprint density at radius 1 is 1.04 bits per heavy atom. The Morgan fingerprint density at radius 2 is 1.50 bits per heavy atom. The van der Waals surface area contributed by atoms with Crippen molar-refractivity contribution in [1.29, 1.82) is 0 Å². The fourth-order valence-corrected chi connectivity index (χ4v) is 2.85. The highest BCUT2D eigenvalue weighted by Crippen LogP contribution is 2.42. The average Bonchev–Trinajstić information content (AvgIpc) is 3.07. The Morgan fingerprint density at radius 3 is 1.88 bits per heavy atom. The average molecular weight is 339 g/mol. The van der Waals surface area contributed by atoms with Crippen LogP contribution in [0.4, 0.5) is 17.1 Å². The standard InChI is InChI=1S/C15H21N3O6/c1-3-23-15(24-4-2)11-9-12(17(19)20)14(13(10-11)18(21)22)16-7-5-6-8-16/h9-10,15H,3-8H2,1-2H3. The maximum atomic E-state index is 11.5. The van der Waals surface area contributed by atoms with Crippen LogP contribution in [0.3, 0.4) is 0 Å². The SMILES string of the molecule is CCOC(OCC)c1cc([N+](=O)[O-])c(N2CCCC2)c([N+](=O)[O-])c1. The van der Waals surface area contributed by atoms with Crippen LogP contribution in [0.15, 0.2) is 12.1 Å². The van der Waals surface area contributed by atoms with E-state index in [0.717, 1.165) is 12.8 Å². The summed E-state index contributed by atoms with van der Waals surface area (Å²) in [7, 11) is 0. The van der Waals surface area contributed by atoms with Gasteiger partial charge in [0.2, 0.25) is 0 Å². The third-order valence-corrected chi connectivity index (χ3v) is 3.82. The zero-order chi connectivity index (χ0) is 17.7.